The summed E-state index contributed by atoms with van der Waals surface area (Å²) in [5, 5.41) is 0. The minimum atomic E-state index is 0.528. The fourth-order valence-corrected chi connectivity index (χ4v) is 0.687. The van der Waals surface area contributed by atoms with E-state index < -0.39 is 0 Å². The molecule has 0 aliphatic rings. The Kier molecular flexibility index (Phi) is 2.34. The maximum absolute atomic E-state index is 4.87. The number of rotatable bonds is 2. The molecule has 1 aromatic rings. The second-order valence-electron chi connectivity index (χ2n) is 1.97. The van der Waals surface area contributed by atoms with Crippen molar-refractivity contribution in [2.75, 3.05) is 7.11 Å². The summed E-state index contributed by atoms with van der Waals surface area (Å²) in [7, 11) is 1.64. The maximum atomic E-state index is 4.87. The first kappa shape index (κ1) is 7.15. The minimum Gasteiger partial charge on any atom is -0.378 e. The lowest BCUT2D eigenvalue weighted by atomic mass is 10.4. The van der Waals surface area contributed by atoms with E-state index in [1.807, 2.05) is 6.92 Å². The van der Waals surface area contributed by atoms with Gasteiger partial charge in [-0.1, -0.05) is 0 Å². The van der Waals surface area contributed by atoms with Gasteiger partial charge in [0, 0.05) is 7.11 Å². The van der Waals surface area contributed by atoms with Gasteiger partial charge in [0.05, 0.1) is 18.5 Å². The monoisotopic (exact) mass is 137 g/mol. The molecular formula is C7H9N2O. The first-order valence-corrected chi connectivity index (χ1v) is 3.02. The average Bonchev–Trinajstić information content (AvgIpc) is 1.88. The summed E-state index contributed by atoms with van der Waals surface area (Å²) in [6.07, 6.45) is 2.72. The van der Waals surface area contributed by atoms with Gasteiger partial charge in [0.15, 0.2) is 0 Å². The molecule has 0 aliphatic carbocycles. The van der Waals surface area contributed by atoms with Crippen LogP contribution in [0.5, 0.6) is 0 Å². The van der Waals surface area contributed by atoms with E-state index in [1.165, 1.54) is 0 Å². The van der Waals surface area contributed by atoms with Crippen molar-refractivity contribution in [3.63, 3.8) is 0 Å². The molecule has 0 fully saturated rings. The molecule has 1 aromatic heterocycles. The SMILES string of the molecule is COCc1c[c]nc(C)n1. The van der Waals surface area contributed by atoms with E-state index in [0.717, 1.165) is 11.5 Å². The zero-order chi connectivity index (χ0) is 7.40. The fraction of sp³-hybridized carbons (Fsp3) is 0.429. The van der Waals surface area contributed by atoms with Gasteiger partial charge in [-0.3, -0.25) is 0 Å². The summed E-state index contributed by atoms with van der Waals surface area (Å²) >= 11 is 0. The molecule has 0 bridgehead atoms. The van der Waals surface area contributed by atoms with Crippen LogP contribution in [0.25, 0.3) is 0 Å². The van der Waals surface area contributed by atoms with E-state index in [4.69, 9.17) is 4.74 Å². The van der Waals surface area contributed by atoms with Crippen LogP contribution < -0.4 is 0 Å². The molecule has 3 nitrogen and oxygen atoms in total. The highest BCUT2D eigenvalue weighted by Gasteiger charge is 1.92. The number of ether oxygens (including phenoxy) is 1. The lowest BCUT2D eigenvalue weighted by Gasteiger charge is -1.96. The molecule has 0 aliphatic heterocycles. The van der Waals surface area contributed by atoms with E-state index in [9.17, 15) is 0 Å². The molecule has 1 rings (SSSR count). The van der Waals surface area contributed by atoms with Crippen LogP contribution in [0.3, 0.4) is 0 Å². The van der Waals surface area contributed by atoms with Crippen LogP contribution in [0.1, 0.15) is 11.5 Å². The average molecular weight is 137 g/mol. The highest BCUT2D eigenvalue weighted by atomic mass is 16.5. The highest BCUT2D eigenvalue weighted by molar-refractivity contribution is 4.98. The zero-order valence-electron chi connectivity index (χ0n) is 6.09. The van der Waals surface area contributed by atoms with Gasteiger partial charge in [-0.05, 0) is 13.0 Å². The third-order valence-corrected chi connectivity index (χ3v) is 1.06. The topological polar surface area (TPSA) is 35.0 Å². The molecule has 0 unspecified atom stereocenters. The number of aryl methyl sites for hydroxylation is 1. The van der Waals surface area contributed by atoms with Crippen molar-refractivity contribution >= 4 is 0 Å². The van der Waals surface area contributed by atoms with E-state index in [-0.39, 0.29) is 0 Å². The van der Waals surface area contributed by atoms with Crippen LogP contribution in [0.15, 0.2) is 6.07 Å². The van der Waals surface area contributed by atoms with E-state index in [1.54, 1.807) is 13.2 Å². The molecule has 0 saturated carbocycles. The van der Waals surface area contributed by atoms with Gasteiger partial charge in [0.25, 0.3) is 0 Å². The fourth-order valence-electron chi connectivity index (χ4n) is 0.687. The lowest BCUT2D eigenvalue weighted by Crippen LogP contribution is -1.95. The van der Waals surface area contributed by atoms with E-state index in [2.05, 4.69) is 16.2 Å². The van der Waals surface area contributed by atoms with Crippen molar-refractivity contribution in [3.8, 4) is 0 Å². The lowest BCUT2D eigenvalue weighted by molar-refractivity contribution is 0.181. The highest BCUT2D eigenvalue weighted by Crippen LogP contribution is 1.94. The number of nitrogens with zero attached hydrogens (tertiary/aromatic N) is 2. The van der Waals surface area contributed by atoms with Gasteiger partial charge < -0.3 is 4.74 Å². The Labute approximate surface area is 60.1 Å². The van der Waals surface area contributed by atoms with Gasteiger partial charge in [-0.25, -0.2) is 9.97 Å². The Balaban J connectivity index is 2.75. The second-order valence-corrected chi connectivity index (χ2v) is 1.97. The van der Waals surface area contributed by atoms with Crippen LogP contribution in [-0.4, -0.2) is 17.1 Å². The molecule has 0 atom stereocenters. The number of hydrogen-bond acceptors (Lipinski definition) is 3. The van der Waals surface area contributed by atoms with Crippen molar-refractivity contribution < 1.29 is 4.74 Å². The predicted octanol–water partition coefficient (Wildman–Crippen LogP) is 0.732. The zero-order valence-corrected chi connectivity index (χ0v) is 6.09. The van der Waals surface area contributed by atoms with Crippen molar-refractivity contribution in [1.29, 1.82) is 0 Å². The standard InChI is InChI=1S/C7H9N2O/c1-6-8-4-3-7(9-6)5-10-2/h3H,5H2,1-2H3. The predicted molar refractivity (Wildman–Crippen MR) is 36.3 cm³/mol. The van der Waals surface area contributed by atoms with Crippen molar-refractivity contribution in [1.82, 2.24) is 9.97 Å². The largest absolute Gasteiger partial charge is 0.378 e. The van der Waals surface area contributed by atoms with Crippen molar-refractivity contribution in [2.24, 2.45) is 0 Å². The summed E-state index contributed by atoms with van der Waals surface area (Å²) in [4.78, 5) is 7.93. The Morgan fingerprint density at radius 3 is 3.10 bits per heavy atom. The van der Waals surface area contributed by atoms with Gasteiger partial charge in [-0.2, -0.15) is 0 Å². The quantitative estimate of drug-likeness (QED) is 0.602. The second kappa shape index (κ2) is 3.27. The van der Waals surface area contributed by atoms with Crippen LogP contribution in [-0.2, 0) is 11.3 Å². The molecular weight excluding hydrogens is 128 g/mol. The smallest absolute Gasteiger partial charge is 0.126 e. The van der Waals surface area contributed by atoms with Gasteiger partial charge in [-0.15, -0.1) is 0 Å². The molecule has 0 spiro atoms. The van der Waals surface area contributed by atoms with Crippen molar-refractivity contribution in [3.05, 3.63) is 23.8 Å². The maximum Gasteiger partial charge on any atom is 0.126 e. The molecule has 0 amide bonds. The molecule has 1 heterocycles. The van der Waals surface area contributed by atoms with Crippen LogP contribution >= 0.6 is 0 Å². The summed E-state index contributed by atoms with van der Waals surface area (Å²) in [5.74, 6) is 0.731. The van der Waals surface area contributed by atoms with Gasteiger partial charge >= 0.3 is 0 Å². The molecule has 0 N–H and O–H groups in total. The summed E-state index contributed by atoms with van der Waals surface area (Å²) in [5.41, 5.74) is 0.870. The molecule has 3 heteroatoms. The number of methoxy groups -OCH3 is 1. The molecule has 0 aromatic carbocycles. The molecule has 0 saturated heterocycles. The Morgan fingerprint density at radius 1 is 1.70 bits per heavy atom. The molecule has 10 heavy (non-hydrogen) atoms. The van der Waals surface area contributed by atoms with E-state index >= 15 is 0 Å². The first-order valence-electron chi connectivity index (χ1n) is 3.02. The molecule has 53 valence electrons. The van der Waals surface area contributed by atoms with Crippen LogP contribution in [0.2, 0.25) is 0 Å². The first-order chi connectivity index (χ1) is 4.83. The Hall–Kier alpha value is -0.960. The minimum absolute atomic E-state index is 0.528. The third kappa shape index (κ3) is 1.77. The van der Waals surface area contributed by atoms with E-state index in [0.29, 0.717) is 6.61 Å². The molecule has 1 radical (unpaired) electrons. The Morgan fingerprint density at radius 2 is 2.50 bits per heavy atom. The summed E-state index contributed by atoms with van der Waals surface area (Å²) in [6, 6.07) is 1.72. The number of hydrogen-bond donors (Lipinski definition) is 0. The van der Waals surface area contributed by atoms with Crippen LogP contribution in [0.4, 0.5) is 0 Å². The normalized spacial score (nSPS) is 9.80. The number of aromatic nitrogens is 2. The Bertz CT molecular complexity index is 213. The van der Waals surface area contributed by atoms with Gasteiger partial charge in [0.2, 0.25) is 0 Å². The summed E-state index contributed by atoms with van der Waals surface area (Å²) < 4.78 is 4.87. The van der Waals surface area contributed by atoms with Crippen LogP contribution in [0, 0.1) is 13.1 Å². The summed E-state index contributed by atoms with van der Waals surface area (Å²) in [6.45, 7) is 2.36. The third-order valence-electron chi connectivity index (χ3n) is 1.06. The van der Waals surface area contributed by atoms with Crippen molar-refractivity contribution in [2.45, 2.75) is 13.5 Å². The van der Waals surface area contributed by atoms with Gasteiger partial charge in [0.1, 0.15) is 5.82 Å².